The van der Waals surface area contributed by atoms with Crippen molar-refractivity contribution in [2.24, 2.45) is 5.73 Å². The zero-order chi connectivity index (χ0) is 13.7. The van der Waals surface area contributed by atoms with Crippen LogP contribution >= 0.6 is 0 Å². The van der Waals surface area contributed by atoms with Gasteiger partial charge in [0.1, 0.15) is 0 Å². The monoisotopic (exact) mass is 271 g/mol. The van der Waals surface area contributed by atoms with Crippen molar-refractivity contribution in [2.75, 3.05) is 46.0 Å². The molecule has 0 saturated carbocycles. The summed E-state index contributed by atoms with van der Waals surface area (Å²) in [7, 11) is 0. The summed E-state index contributed by atoms with van der Waals surface area (Å²) >= 11 is 0. The first-order valence-corrected chi connectivity index (χ1v) is 7.13. The second kappa shape index (κ2) is 6.65. The van der Waals surface area contributed by atoms with Crippen LogP contribution in [0.1, 0.15) is 19.8 Å². The molecule has 0 aromatic heterocycles. The van der Waals surface area contributed by atoms with E-state index >= 15 is 0 Å². The minimum Gasteiger partial charge on any atom is -0.381 e. The Balaban J connectivity index is 1.76. The Hall–Kier alpha value is -0.690. The van der Waals surface area contributed by atoms with Crippen molar-refractivity contribution in [3.8, 4) is 0 Å². The highest BCUT2D eigenvalue weighted by atomic mass is 16.5. The fourth-order valence-electron chi connectivity index (χ4n) is 2.54. The Labute approximate surface area is 114 Å². The molecule has 0 aromatic carbocycles. The number of morpholine rings is 1. The minimum absolute atomic E-state index is 0.0705. The quantitative estimate of drug-likeness (QED) is 0.709. The Morgan fingerprint density at radius 3 is 2.84 bits per heavy atom. The van der Waals surface area contributed by atoms with Gasteiger partial charge < -0.3 is 20.5 Å². The maximum atomic E-state index is 12.2. The summed E-state index contributed by atoms with van der Waals surface area (Å²) < 4.78 is 10.9. The Bertz CT molecular complexity index is 306. The molecule has 0 radical (unpaired) electrons. The van der Waals surface area contributed by atoms with Gasteiger partial charge in [0.25, 0.3) is 0 Å². The molecule has 2 aliphatic rings. The van der Waals surface area contributed by atoms with Gasteiger partial charge in [0.2, 0.25) is 5.91 Å². The fourth-order valence-corrected chi connectivity index (χ4v) is 2.54. The lowest BCUT2D eigenvalue weighted by Gasteiger charge is -2.34. The molecular formula is C13H25N3O3. The molecule has 1 unspecified atom stereocenters. The van der Waals surface area contributed by atoms with Crippen LogP contribution in [-0.4, -0.2) is 68.4 Å². The minimum atomic E-state index is -0.767. The van der Waals surface area contributed by atoms with Gasteiger partial charge in [-0.25, -0.2) is 0 Å². The predicted molar refractivity (Wildman–Crippen MR) is 71.8 cm³/mol. The van der Waals surface area contributed by atoms with Crippen molar-refractivity contribution in [1.29, 1.82) is 0 Å². The van der Waals surface area contributed by atoms with Gasteiger partial charge in [-0.1, -0.05) is 6.92 Å². The summed E-state index contributed by atoms with van der Waals surface area (Å²) in [6.07, 6.45) is 1.25. The topological polar surface area (TPSA) is 76.8 Å². The fraction of sp³-hybridized carbons (Fsp3) is 0.923. The van der Waals surface area contributed by atoms with E-state index in [-0.39, 0.29) is 12.0 Å². The average Bonchev–Trinajstić information content (AvgIpc) is 2.45. The standard InChI is InChI=1S/C13H25N3O3/c1-2-16-5-8-19-11(10-16)9-15-12(17)13(14)3-6-18-7-4-13/h11H,2-10,14H2,1H3,(H,15,17). The molecule has 110 valence electrons. The largest absolute Gasteiger partial charge is 0.381 e. The lowest BCUT2D eigenvalue weighted by Crippen LogP contribution is -2.58. The number of ether oxygens (including phenoxy) is 2. The number of nitrogens with one attached hydrogen (secondary N) is 1. The molecule has 6 nitrogen and oxygen atoms in total. The molecule has 3 N–H and O–H groups in total. The molecule has 2 heterocycles. The lowest BCUT2D eigenvalue weighted by molar-refractivity contribution is -0.130. The van der Waals surface area contributed by atoms with Crippen molar-refractivity contribution >= 4 is 5.91 Å². The van der Waals surface area contributed by atoms with E-state index in [0.29, 0.717) is 32.6 Å². The first-order valence-electron chi connectivity index (χ1n) is 7.13. The first kappa shape index (κ1) is 14.7. The van der Waals surface area contributed by atoms with Crippen molar-refractivity contribution in [3.63, 3.8) is 0 Å². The highest BCUT2D eigenvalue weighted by Crippen LogP contribution is 2.17. The van der Waals surface area contributed by atoms with Crippen LogP contribution in [0.15, 0.2) is 0 Å². The van der Waals surface area contributed by atoms with Gasteiger partial charge in [-0.2, -0.15) is 0 Å². The number of nitrogens with zero attached hydrogens (tertiary/aromatic N) is 1. The summed E-state index contributed by atoms with van der Waals surface area (Å²) in [4.78, 5) is 14.5. The maximum Gasteiger partial charge on any atom is 0.240 e. The Kier molecular flexibility index (Phi) is 5.15. The van der Waals surface area contributed by atoms with Crippen LogP contribution in [-0.2, 0) is 14.3 Å². The van der Waals surface area contributed by atoms with Gasteiger partial charge in [-0.3, -0.25) is 9.69 Å². The molecule has 0 spiro atoms. The lowest BCUT2D eigenvalue weighted by atomic mass is 9.90. The van der Waals surface area contributed by atoms with Gasteiger partial charge in [0, 0.05) is 32.8 Å². The zero-order valence-corrected chi connectivity index (χ0v) is 11.7. The first-order chi connectivity index (χ1) is 9.14. The number of amides is 1. The number of hydrogen-bond acceptors (Lipinski definition) is 5. The predicted octanol–water partition coefficient (Wildman–Crippen LogP) is -0.669. The summed E-state index contributed by atoms with van der Waals surface area (Å²) in [5.41, 5.74) is 5.36. The molecule has 0 aromatic rings. The second-order valence-electron chi connectivity index (χ2n) is 5.36. The molecule has 6 heteroatoms. The van der Waals surface area contributed by atoms with Gasteiger partial charge in [-0.15, -0.1) is 0 Å². The van der Waals surface area contributed by atoms with Crippen molar-refractivity contribution in [1.82, 2.24) is 10.2 Å². The van der Waals surface area contributed by atoms with Crippen LogP contribution in [0.25, 0.3) is 0 Å². The number of rotatable bonds is 4. The van der Waals surface area contributed by atoms with Gasteiger partial charge >= 0.3 is 0 Å². The highest BCUT2D eigenvalue weighted by Gasteiger charge is 2.36. The Morgan fingerprint density at radius 1 is 1.42 bits per heavy atom. The smallest absolute Gasteiger partial charge is 0.240 e. The molecule has 0 aliphatic carbocycles. The summed E-state index contributed by atoms with van der Waals surface area (Å²) in [5, 5.41) is 2.94. The van der Waals surface area contributed by atoms with Crippen LogP contribution in [0.5, 0.6) is 0 Å². The number of likely N-dealkylation sites (N-methyl/N-ethyl adjacent to an activating group) is 1. The number of hydrogen-bond donors (Lipinski definition) is 2. The van der Waals surface area contributed by atoms with E-state index in [0.717, 1.165) is 26.2 Å². The van der Waals surface area contributed by atoms with Crippen LogP contribution in [0, 0.1) is 0 Å². The van der Waals surface area contributed by atoms with Crippen molar-refractivity contribution in [3.05, 3.63) is 0 Å². The second-order valence-corrected chi connectivity index (χ2v) is 5.36. The van der Waals surface area contributed by atoms with E-state index in [1.54, 1.807) is 0 Å². The van der Waals surface area contributed by atoms with Gasteiger partial charge in [-0.05, 0) is 19.4 Å². The molecule has 1 atom stereocenters. The SMILES string of the molecule is CCN1CCOC(CNC(=O)C2(N)CCOCC2)C1. The number of carbonyl (C=O) groups excluding carboxylic acids is 1. The third-order valence-electron chi connectivity index (χ3n) is 4.00. The molecule has 2 saturated heterocycles. The van der Waals surface area contributed by atoms with Crippen molar-refractivity contribution in [2.45, 2.75) is 31.4 Å². The maximum absolute atomic E-state index is 12.2. The summed E-state index contributed by atoms with van der Waals surface area (Å²) in [5.74, 6) is -0.0759. The third-order valence-corrected chi connectivity index (χ3v) is 4.00. The molecule has 2 aliphatic heterocycles. The highest BCUT2D eigenvalue weighted by molar-refractivity contribution is 5.86. The third kappa shape index (κ3) is 3.89. The van der Waals surface area contributed by atoms with E-state index in [1.807, 2.05) is 0 Å². The summed E-state index contributed by atoms with van der Waals surface area (Å²) in [6, 6.07) is 0. The van der Waals surface area contributed by atoms with Crippen LogP contribution in [0.3, 0.4) is 0 Å². The summed E-state index contributed by atoms with van der Waals surface area (Å²) in [6.45, 7) is 7.40. The van der Waals surface area contributed by atoms with E-state index in [1.165, 1.54) is 0 Å². The van der Waals surface area contributed by atoms with Gasteiger partial charge in [0.15, 0.2) is 0 Å². The van der Waals surface area contributed by atoms with Crippen LogP contribution < -0.4 is 11.1 Å². The van der Waals surface area contributed by atoms with E-state index in [9.17, 15) is 4.79 Å². The molecule has 2 fully saturated rings. The Morgan fingerprint density at radius 2 is 2.16 bits per heavy atom. The van der Waals surface area contributed by atoms with E-state index < -0.39 is 5.54 Å². The average molecular weight is 271 g/mol. The molecular weight excluding hydrogens is 246 g/mol. The van der Waals surface area contributed by atoms with Crippen LogP contribution in [0.4, 0.5) is 0 Å². The molecule has 2 rings (SSSR count). The molecule has 1 amide bonds. The van der Waals surface area contributed by atoms with Gasteiger partial charge in [0.05, 0.1) is 18.2 Å². The van der Waals surface area contributed by atoms with E-state index in [2.05, 4.69) is 17.1 Å². The molecule has 0 bridgehead atoms. The number of carbonyl (C=O) groups is 1. The van der Waals surface area contributed by atoms with Crippen LogP contribution in [0.2, 0.25) is 0 Å². The van der Waals surface area contributed by atoms with Crippen molar-refractivity contribution < 1.29 is 14.3 Å². The molecule has 19 heavy (non-hydrogen) atoms. The number of nitrogens with two attached hydrogens (primary N) is 1. The van der Waals surface area contributed by atoms with E-state index in [4.69, 9.17) is 15.2 Å². The zero-order valence-electron chi connectivity index (χ0n) is 11.7. The normalized spacial score (nSPS) is 28.0.